The first-order valence-corrected chi connectivity index (χ1v) is 8.45. The SMILES string of the molecule is Cc1nc2ccccc2nc1COC(=O)Cc1ccc2c(c1)OCCO2. The zero-order valence-electron chi connectivity index (χ0n) is 14.4. The number of aryl methyl sites for hydroxylation is 1. The Morgan fingerprint density at radius 3 is 2.58 bits per heavy atom. The maximum atomic E-state index is 12.2. The van der Waals surface area contributed by atoms with E-state index in [9.17, 15) is 4.79 Å². The number of hydrogen-bond acceptors (Lipinski definition) is 6. The highest BCUT2D eigenvalue weighted by atomic mass is 16.6. The minimum atomic E-state index is -0.323. The Labute approximate surface area is 150 Å². The van der Waals surface area contributed by atoms with Gasteiger partial charge in [-0.1, -0.05) is 18.2 Å². The van der Waals surface area contributed by atoms with Crippen LogP contribution in [0.4, 0.5) is 0 Å². The van der Waals surface area contributed by atoms with E-state index in [0.717, 1.165) is 22.3 Å². The number of nitrogens with zero attached hydrogens (tertiary/aromatic N) is 2. The van der Waals surface area contributed by atoms with Crippen molar-refractivity contribution >= 4 is 17.0 Å². The van der Waals surface area contributed by atoms with Gasteiger partial charge in [0, 0.05) is 0 Å². The van der Waals surface area contributed by atoms with Crippen LogP contribution in [0.5, 0.6) is 11.5 Å². The lowest BCUT2D eigenvalue weighted by Crippen LogP contribution is -2.16. The van der Waals surface area contributed by atoms with Crippen LogP contribution in [0.2, 0.25) is 0 Å². The number of ether oxygens (including phenoxy) is 3. The van der Waals surface area contributed by atoms with Gasteiger partial charge in [0.05, 0.1) is 28.8 Å². The van der Waals surface area contributed by atoms with Gasteiger partial charge in [0.25, 0.3) is 0 Å². The Morgan fingerprint density at radius 2 is 1.77 bits per heavy atom. The zero-order valence-corrected chi connectivity index (χ0v) is 14.4. The number of carbonyl (C=O) groups excluding carboxylic acids is 1. The molecule has 6 nitrogen and oxygen atoms in total. The summed E-state index contributed by atoms with van der Waals surface area (Å²) in [4.78, 5) is 21.2. The van der Waals surface area contributed by atoms with Gasteiger partial charge in [-0.05, 0) is 36.8 Å². The summed E-state index contributed by atoms with van der Waals surface area (Å²) >= 11 is 0. The van der Waals surface area contributed by atoms with E-state index in [1.807, 2.05) is 49.4 Å². The minimum absolute atomic E-state index is 0.104. The molecule has 1 aliphatic rings. The van der Waals surface area contributed by atoms with Gasteiger partial charge in [-0.3, -0.25) is 4.79 Å². The highest BCUT2D eigenvalue weighted by Crippen LogP contribution is 2.30. The van der Waals surface area contributed by atoms with Crippen LogP contribution in [0.3, 0.4) is 0 Å². The molecule has 0 bridgehead atoms. The third-order valence-electron chi connectivity index (χ3n) is 4.17. The lowest BCUT2D eigenvalue weighted by molar-refractivity contribution is -0.144. The number of rotatable bonds is 4. The summed E-state index contributed by atoms with van der Waals surface area (Å²) in [5.41, 5.74) is 3.86. The number of esters is 1. The van der Waals surface area contributed by atoms with Crippen LogP contribution in [0.25, 0.3) is 11.0 Å². The van der Waals surface area contributed by atoms with Crippen molar-refractivity contribution in [1.82, 2.24) is 9.97 Å². The zero-order chi connectivity index (χ0) is 17.9. The normalized spacial score (nSPS) is 12.8. The fraction of sp³-hybridized carbons (Fsp3) is 0.250. The number of para-hydroxylation sites is 2. The summed E-state index contributed by atoms with van der Waals surface area (Å²) in [7, 11) is 0. The van der Waals surface area contributed by atoms with E-state index in [0.29, 0.717) is 30.4 Å². The Kier molecular flexibility index (Phi) is 4.39. The van der Waals surface area contributed by atoms with Crippen molar-refractivity contribution in [2.75, 3.05) is 13.2 Å². The Morgan fingerprint density at radius 1 is 1.04 bits per heavy atom. The first-order chi connectivity index (χ1) is 12.7. The molecular weight excluding hydrogens is 332 g/mol. The van der Waals surface area contributed by atoms with Gasteiger partial charge < -0.3 is 14.2 Å². The van der Waals surface area contributed by atoms with E-state index in [-0.39, 0.29) is 19.0 Å². The molecule has 6 heteroatoms. The molecular formula is C20H18N2O4. The molecule has 1 aromatic heterocycles. The van der Waals surface area contributed by atoms with Crippen LogP contribution >= 0.6 is 0 Å². The second-order valence-electron chi connectivity index (χ2n) is 6.06. The van der Waals surface area contributed by atoms with Gasteiger partial charge in [0.2, 0.25) is 0 Å². The summed E-state index contributed by atoms with van der Waals surface area (Å²) in [6.45, 7) is 3.03. The van der Waals surface area contributed by atoms with Crippen LogP contribution in [0.1, 0.15) is 17.0 Å². The lowest BCUT2D eigenvalue weighted by Gasteiger charge is -2.18. The average molecular weight is 350 g/mol. The molecule has 0 N–H and O–H groups in total. The van der Waals surface area contributed by atoms with Crippen molar-refractivity contribution < 1.29 is 19.0 Å². The predicted octanol–water partition coefficient (Wildman–Crippen LogP) is 3.00. The maximum absolute atomic E-state index is 12.2. The van der Waals surface area contributed by atoms with Crippen molar-refractivity contribution in [3.63, 3.8) is 0 Å². The summed E-state index contributed by atoms with van der Waals surface area (Å²) < 4.78 is 16.4. The molecule has 0 saturated heterocycles. The van der Waals surface area contributed by atoms with Crippen LogP contribution in [-0.4, -0.2) is 29.2 Å². The third kappa shape index (κ3) is 3.44. The summed E-state index contributed by atoms with van der Waals surface area (Å²) in [6, 6.07) is 13.1. The molecule has 2 heterocycles. The molecule has 3 aromatic rings. The molecule has 4 rings (SSSR count). The first-order valence-electron chi connectivity index (χ1n) is 8.45. The van der Waals surface area contributed by atoms with Crippen molar-refractivity contribution in [1.29, 1.82) is 0 Å². The first kappa shape index (κ1) is 16.3. The van der Waals surface area contributed by atoms with E-state index < -0.39 is 0 Å². The van der Waals surface area contributed by atoms with E-state index in [2.05, 4.69) is 9.97 Å². The van der Waals surface area contributed by atoms with Gasteiger partial charge in [-0.2, -0.15) is 0 Å². The molecule has 0 aliphatic carbocycles. The van der Waals surface area contributed by atoms with E-state index in [4.69, 9.17) is 14.2 Å². The molecule has 0 atom stereocenters. The van der Waals surface area contributed by atoms with Crippen LogP contribution in [0, 0.1) is 6.92 Å². The monoisotopic (exact) mass is 350 g/mol. The van der Waals surface area contributed by atoms with Crippen LogP contribution in [0.15, 0.2) is 42.5 Å². The number of benzene rings is 2. The number of aromatic nitrogens is 2. The maximum Gasteiger partial charge on any atom is 0.310 e. The Balaban J connectivity index is 1.42. The van der Waals surface area contributed by atoms with Gasteiger partial charge in [-0.25, -0.2) is 9.97 Å². The highest BCUT2D eigenvalue weighted by Gasteiger charge is 2.14. The van der Waals surface area contributed by atoms with Gasteiger partial charge >= 0.3 is 5.97 Å². The lowest BCUT2D eigenvalue weighted by atomic mass is 10.1. The summed E-state index contributed by atoms with van der Waals surface area (Å²) in [6.07, 6.45) is 0.163. The molecule has 0 unspecified atom stereocenters. The molecule has 0 spiro atoms. The minimum Gasteiger partial charge on any atom is -0.486 e. The third-order valence-corrected chi connectivity index (χ3v) is 4.17. The Bertz CT molecular complexity index is 971. The van der Waals surface area contributed by atoms with Gasteiger partial charge in [0.1, 0.15) is 19.8 Å². The molecule has 0 radical (unpaired) electrons. The van der Waals surface area contributed by atoms with Crippen LogP contribution < -0.4 is 9.47 Å². The molecule has 0 fully saturated rings. The summed E-state index contributed by atoms with van der Waals surface area (Å²) in [5.74, 6) is 1.05. The van der Waals surface area contributed by atoms with Crippen molar-refractivity contribution in [2.45, 2.75) is 20.0 Å². The second kappa shape index (κ2) is 7.00. The fourth-order valence-electron chi connectivity index (χ4n) is 2.83. The predicted molar refractivity (Wildman–Crippen MR) is 95.2 cm³/mol. The smallest absolute Gasteiger partial charge is 0.310 e. The molecule has 2 aromatic carbocycles. The standard InChI is InChI=1S/C20H18N2O4/c1-13-17(22-16-5-3-2-4-15(16)21-13)12-26-20(23)11-14-6-7-18-19(10-14)25-9-8-24-18/h2-7,10H,8-9,11-12H2,1H3. The molecule has 1 aliphatic heterocycles. The molecule has 0 amide bonds. The van der Waals surface area contributed by atoms with Crippen molar-refractivity contribution in [2.24, 2.45) is 0 Å². The van der Waals surface area contributed by atoms with E-state index in [1.54, 1.807) is 0 Å². The molecule has 132 valence electrons. The highest BCUT2D eigenvalue weighted by molar-refractivity contribution is 5.75. The molecule has 26 heavy (non-hydrogen) atoms. The van der Waals surface area contributed by atoms with Gasteiger partial charge in [0.15, 0.2) is 11.5 Å². The van der Waals surface area contributed by atoms with Crippen molar-refractivity contribution in [3.05, 3.63) is 59.4 Å². The number of hydrogen-bond donors (Lipinski definition) is 0. The topological polar surface area (TPSA) is 70.5 Å². The van der Waals surface area contributed by atoms with Gasteiger partial charge in [-0.15, -0.1) is 0 Å². The Hall–Kier alpha value is -3.15. The second-order valence-corrected chi connectivity index (χ2v) is 6.06. The van der Waals surface area contributed by atoms with E-state index >= 15 is 0 Å². The number of carbonyl (C=O) groups is 1. The average Bonchev–Trinajstić information content (AvgIpc) is 2.66. The quantitative estimate of drug-likeness (QED) is 0.674. The number of fused-ring (bicyclic) bond motifs is 2. The van der Waals surface area contributed by atoms with E-state index in [1.165, 1.54) is 0 Å². The largest absolute Gasteiger partial charge is 0.486 e. The summed E-state index contributed by atoms with van der Waals surface area (Å²) in [5, 5.41) is 0. The fourth-order valence-corrected chi connectivity index (χ4v) is 2.83. The van der Waals surface area contributed by atoms with Crippen LogP contribution in [-0.2, 0) is 22.6 Å². The van der Waals surface area contributed by atoms with Crippen molar-refractivity contribution in [3.8, 4) is 11.5 Å². The molecule has 0 saturated carbocycles.